The average molecular weight is 373 g/mol. The normalized spacial score (nSPS) is 15.8. The molecule has 0 spiro atoms. The molecule has 136 valence electrons. The number of amides is 2. The second kappa shape index (κ2) is 8.34. The first-order valence-corrected chi connectivity index (χ1v) is 9.14. The van der Waals surface area contributed by atoms with Gasteiger partial charge in [-0.05, 0) is 37.1 Å². The molecule has 0 aliphatic heterocycles. The summed E-state index contributed by atoms with van der Waals surface area (Å²) in [6.45, 7) is 0.181. The number of halogens is 1. The highest BCUT2D eigenvalue weighted by Gasteiger charge is 2.34. The fourth-order valence-electron chi connectivity index (χ4n) is 2.91. The number of quaternary nitrogens is 1. The van der Waals surface area contributed by atoms with Gasteiger partial charge in [0.25, 0.3) is 11.8 Å². The first-order chi connectivity index (χ1) is 12.5. The summed E-state index contributed by atoms with van der Waals surface area (Å²) >= 11 is 5.86. The predicted molar refractivity (Wildman–Crippen MR) is 102 cm³/mol. The number of carbonyl (C=O) groups is 2. The highest BCUT2D eigenvalue weighted by molar-refractivity contribution is 6.30. The third-order valence-corrected chi connectivity index (χ3v) is 4.63. The number of carbonyl (C=O) groups excluding carboxylic acids is 2. The number of rotatable bonds is 7. The molecule has 2 aromatic rings. The molecule has 1 unspecified atom stereocenters. The molecule has 1 aliphatic carbocycles. The van der Waals surface area contributed by atoms with E-state index in [0.29, 0.717) is 10.7 Å². The van der Waals surface area contributed by atoms with Crippen LogP contribution in [0.1, 0.15) is 24.4 Å². The third kappa shape index (κ3) is 5.07. The van der Waals surface area contributed by atoms with Gasteiger partial charge in [0.1, 0.15) is 0 Å². The minimum absolute atomic E-state index is 0.0320. The molecule has 3 N–H and O–H groups in total. The average Bonchev–Trinajstić information content (AvgIpc) is 3.42. The Morgan fingerprint density at radius 3 is 2.38 bits per heavy atom. The van der Waals surface area contributed by atoms with Gasteiger partial charge >= 0.3 is 0 Å². The Labute approximate surface area is 158 Å². The Bertz CT molecular complexity index is 760. The van der Waals surface area contributed by atoms with Crippen LogP contribution in [0, 0.1) is 0 Å². The zero-order chi connectivity index (χ0) is 18.5. The first-order valence-electron chi connectivity index (χ1n) is 8.76. The van der Waals surface area contributed by atoms with Crippen molar-refractivity contribution in [2.75, 3.05) is 18.9 Å². The van der Waals surface area contributed by atoms with Crippen LogP contribution in [0.5, 0.6) is 0 Å². The zero-order valence-electron chi connectivity index (χ0n) is 14.7. The minimum Gasteiger partial charge on any atom is -0.348 e. The summed E-state index contributed by atoms with van der Waals surface area (Å²) in [6.07, 6.45) is 2.06. The van der Waals surface area contributed by atoms with Crippen molar-refractivity contribution in [2.45, 2.75) is 24.9 Å². The molecule has 26 heavy (non-hydrogen) atoms. The van der Waals surface area contributed by atoms with Gasteiger partial charge in [-0.15, -0.1) is 0 Å². The second-order valence-corrected chi connectivity index (χ2v) is 7.14. The van der Waals surface area contributed by atoms with E-state index in [-0.39, 0.29) is 24.4 Å². The fourth-order valence-corrected chi connectivity index (χ4v) is 3.04. The number of hydrogen-bond acceptors (Lipinski definition) is 2. The lowest BCUT2D eigenvalue weighted by molar-refractivity contribution is -0.894. The van der Waals surface area contributed by atoms with Gasteiger partial charge in [0.2, 0.25) is 0 Å². The van der Waals surface area contributed by atoms with Crippen molar-refractivity contribution in [3.8, 4) is 0 Å². The molecule has 1 fully saturated rings. The van der Waals surface area contributed by atoms with Crippen molar-refractivity contribution < 1.29 is 14.5 Å². The SMILES string of the molecule is C[NH+](CC(=O)Nc1ccc(Cl)cc1)[C@H](C(=O)NC1CC1)c1ccccc1. The number of benzene rings is 2. The maximum Gasteiger partial charge on any atom is 0.283 e. The van der Waals surface area contributed by atoms with Gasteiger partial charge in [0.15, 0.2) is 12.6 Å². The molecular weight excluding hydrogens is 350 g/mol. The van der Waals surface area contributed by atoms with Gasteiger partial charge in [0, 0.05) is 22.3 Å². The van der Waals surface area contributed by atoms with E-state index < -0.39 is 6.04 Å². The van der Waals surface area contributed by atoms with E-state index in [1.165, 1.54) is 0 Å². The van der Waals surface area contributed by atoms with Crippen molar-refractivity contribution in [2.24, 2.45) is 0 Å². The van der Waals surface area contributed by atoms with Gasteiger partial charge in [0.05, 0.1) is 7.05 Å². The molecule has 0 aromatic heterocycles. The minimum atomic E-state index is -0.423. The lowest BCUT2D eigenvalue weighted by Crippen LogP contribution is -3.11. The van der Waals surface area contributed by atoms with Crippen LogP contribution in [0.4, 0.5) is 5.69 Å². The highest BCUT2D eigenvalue weighted by atomic mass is 35.5. The van der Waals surface area contributed by atoms with Gasteiger partial charge in [-0.25, -0.2) is 0 Å². The third-order valence-electron chi connectivity index (χ3n) is 4.38. The van der Waals surface area contributed by atoms with Crippen LogP contribution < -0.4 is 15.5 Å². The first kappa shape index (κ1) is 18.4. The summed E-state index contributed by atoms with van der Waals surface area (Å²) in [4.78, 5) is 26.0. The Morgan fingerprint density at radius 1 is 1.12 bits per heavy atom. The van der Waals surface area contributed by atoms with Crippen LogP contribution in [0.2, 0.25) is 5.02 Å². The van der Waals surface area contributed by atoms with E-state index >= 15 is 0 Å². The summed E-state index contributed by atoms with van der Waals surface area (Å²) in [6, 6.07) is 16.4. The van der Waals surface area contributed by atoms with Crippen molar-refractivity contribution in [1.82, 2.24) is 5.32 Å². The van der Waals surface area contributed by atoms with Gasteiger partial charge in [-0.1, -0.05) is 41.9 Å². The molecule has 0 saturated heterocycles. The van der Waals surface area contributed by atoms with Crippen LogP contribution in [0.25, 0.3) is 0 Å². The van der Waals surface area contributed by atoms with E-state index in [2.05, 4.69) is 10.6 Å². The standard InChI is InChI=1S/C20H22ClN3O2/c1-24(13-18(25)22-16-9-7-15(21)8-10-16)19(14-5-3-2-4-6-14)20(26)23-17-11-12-17/h2-10,17,19H,11-13H2,1H3,(H,22,25)(H,23,26)/p+1/t19-/m0/s1. The lowest BCUT2D eigenvalue weighted by atomic mass is 10.0. The molecule has 0 heterocycles. The van der Waals surface area contributed by atoms with Crippen LogP contribution in [-0.2, 0) is 9.59 Å². The lowest BCUT2D eigenvalue weighted by Gasteiger charge is -2.24. The molecule has 1 aliphatic rings. The largest absolute Gasteiger partial charge is 0.348 e. The molecule has 5 nitrogen and oxygen atoms in total. The maximum atomic E-state index is 12.7. The summed E-state index contributed by atoms with van der Waals surface area (Å²) in [5.41, 5.74) is 1.59. The molecular formula is C20H23ClN3O2+. The number of anilines is 1. The van der Waals surface area contributed by atoms with Gasteiger partial charge in [-0.3, -0.25) is 9.59 Å². The maximum absolute atomic E-state index is 12.7. The van der Waals surface area contributed by atoms with E-state index in [1.807, 2.05) is 37.4 Å². The molecule has 2 atom stereocenters. The van der Waals surface area contributed by atoms with Crippen LogP contribution in [-0.4, -0.2) is 31.4 Å². The Morgan fingerprint density at radius 2 is 1.77 bits per heavy atom. The number of nitrogens with one attached hydrogen (secondary N) is 3. The topological polar surface area (TPSA) is 62.6 Å². The van der Waals surface area contributed by atoms with Crippen LogP contribution in [0.15, 0.2) is 54.6 Å². The van der Waals surface area contributed by atoms with E-state index in [0.717, 1.165) is 23.3 Å². The summed E-state index contributed by atoms with van der Waals surface area (Å²) in [5, 5.41) is 6.52. The quantitative estimate of drug-likeness (QED) is 0.694. The van der Waals surface area contributed by atoms with Crippen molar-refractivity contribution in [3.05, 3.63) is 65.2 Å². The molecule has 2 aromatic carbocycles. The molecule has 3 rings (SSSR count). The smallest absolute Gasteiger partial charge is 0.283 e. The summed E-state index contributed by atoms with van der Waals surface area (Å²) in [5.74, 6) is -0.180. The van der Waals surface area contributed by atoms with E-state index in [1.54, 1.807) is 24.3 Å². The summed E-state index contributed by atoms with van der Waals surface area (Å²) in [7, 11) is 1.87. The Kier molecular flexibility index (Phi) is 5.91. The van der Waals surface area contributed by atoms with E-state index in [9.17, 15) is 9.59 Å². The van der Waals surface area contributed by atoms with Crippen molar-refractivity contribution in [3.63, 3.8) is 0 Å². The monoisotopic (exact) mass is 372 g/mol. The molecule has 0 bridgehead atoms. The second-order valence-electron chi connectivity index (χ2n) is 6.70. The fraction of sp³-hybridized carbons (Fsp3) is 0.300. The highest BCUT2D eigenvalue weighted by Crippen LogP contribution is 2.20. The molecule has 2 amide bonds. The number of hydrogen-bond donors (Lipinski definition) is 3. The predicted octanol–water partition coefficient (Wildman–Crippen LogP) is 1.81. The van der Waals surface area contributed by atoms with Gasteiger partial charge < -0.3 is 15.5 Å². The van der Waals surface area contributed by atoms with Crippen LogP contribution in [0.3, 0.4) is 0 Å². The van der Waals surface area contributed by atoms with Crippen LogP contribution >= 0.6 is 11.6 Å². The van der Waals surface area contributed by atoms with Crippen molar-refractivity contribution >= 4 is 29.1 Å². The molecule has 6 heteroatoms. The Balaban J connectivity index is 1.67. The van der Waals surface area contributed by atoms with E-state index in [4.69, 9.17) is 11.6 Å². The molecule has 1 saturated carbocycles. The Hall–Kier alpha value is -2.37. The summed E-state index contributed by atoms with van der Waals surface area (Å²) < 4.78 is 0. The van der Waals surface area contributed by atoms with Crippen molar-refractivity contribution in [1.29, 1.82) is 0 Å². The molecule has 0 radical (unpaired) electrons. The van der Waals surface area contributed by atoms with Gasteiger partial charge in [-0.2, -0.15) is 0 Å². The zero-order valence-corrected chi connectivity index (χ0v) is 15.4. The number of likely N-dealkylation sites (N-methyl/N-ethyl adjacent to an activating group) is 1.